The smallest absolute Gasteiger partial charge is 0.278 e. The summed E-state index contributed by atoms with van der Waals surface area (Å²) in [5.74, 6) is 2.22. The zero-order valence-electron chi connectivity index (χ0n) is 14.2. The van der Waals surface area contributed by atoms with Gasteiger partial charge >= 0.3 is 0 Å². The highest BCUT2D eigenvalue weighted by molar-refractivity contribution is 7.11. The molecule has 8 heteroatoms. The van der Waals surface area contributed by atoms with Crippen LogP contribution in [-0.4, -0.2) is 28.1 Å². The van der Waals surface area contributed by atoms with Crippen LogP contribution in [0.25, 0.3) is 10.9 Å². The van der Waals surface area contributed by atoms with Crippen molar-refractivity contribution in [2.24, 2.45) is 0 Å². The summed E-state index contributed by atoms with van der Waals surface area (Å²) >= 11 is 1.45. The molecule has 5 rings (SSSR count). The standard InChI is InChI=1S/C19H15N5O2S/c1-3-13(26-19-21-8-10-27-19)4-2-12(1)24-18-16-14(22-11-23-18)5-6-15-17(16)25-9-7-20-15/h1-6,8,10-11,20H,7,9H2,(H,22,23,24). The van der Waals surface area contributed by atoms with E-state index in [1.807, 2.05) is 41.8 Å². The largest absolute Gasteiger partial charge is 0.489 e. The molecule has 134 valence electrons. The molecular formula is C19H15N5O2S. The van der Waals surface area contributed by atoms with Gasteiger partial charge in [-0.3, -0.25) is 0 Å². The fourth-order valence-corrected chi connectivity index (χ4v) is 3.45. The number of fused-ring (bicyclic) bond motifs is 3. The lowest BCUT2D eigenvalue weighted by atomic mass is 10.1. The minimum Gasteiger partial charge on any atom is -0.489 e. The number of anilines is 3. The summed E-state index contributed by atoms with van der Waals surface area (Å²) in [7, 11) is 0. The van der Waals surface area contributed by atoms with Crippen LogP contribution in [0.2, 0.25) is 0 Å². The zero-order valence-corrected chi connectivity index (χ0v) is 15.0. The van der Waals surface area contributed by atoms with Gasteiger partial charge in [-0.25, -0.2) is 15.0 Å². The fraction of sp³-hybridized carbons (Fsp3) is 0.105. The van der Waals surface area contributed by atoms with Crippen LogP contribution < -0.4 is 20.1 Å². The number of aromatic nitrogens is 3. The van der Waals surface area contributed by atoms with E-state index in [-0.39, 0.29) is 0 Å². The first-order valence-corrected chi connectivity index (χ1v) is 9.33. The summed E-state index contributed by atoms with van der Waals surface area (Å²) in [6.07, 6.45) is 3.26. The number of thiazole rings is 1. The van der Waals surface area contributed by atoms with Crippen molar-refractivity contribution in [2.75, 3.05) is 23.8 Å². The summed E-state index contributed by atoms with van der Waals surface area (Å²) in [5, 5.41) is 10.1. The molecule has 0 radical (unpaired) electrons. The first-order chi connectivity index (χ1) is 13.4. The second-order valence-corrected chi connectivity index (χ2v) is 6.74. The molecule has 0 amide bonds. The Morgan fingerprint density at radius 3 is 2.85 bits per heavy atom. The maximum Gasteiger partial charge on any atom is 0.278 e. The molecule has 0 aliphatic carbocycles. The Kier molecular flexibility index (Phi) is 3.95. The van der Waals surface area contributed by atoms with Gasteiger partial charge in [0.1, 0.15) is 24.5 Å². The Hall–Kier alpha value is -3.39. The predicted molar refractivity (Wildman–Crippen MR) is 105 cm³/mol. The van der Waals surface area contributed by atoms with Crippen molar-refractivity contribution in [3.05, 3.63) is 54.3 Å². The summed E-state index contributed by atoms with van der Waals surface area (Å²) in [6, 6.07) is 11.6. The van der Waals surface area contributed by atoms with Crippen molar-refractivity contribution in [3.8, 4) is 16.7 Å². The molecule has 0 saturated heterocycles. The van der Waals surface area contributed by atoms with E-state index in [0.29, 0.717) is 17.6 Å². The van der Waals surface area contributed by atoms with Gasteiger partial charge in [-0.2, -0.15) is 0 Å². The molecule has 0 bridgehead atoms. The number of nitrogens with zero attached hydrogens (tertiary/aromatic N) is 3. The van der Waals surface area contributed by atoms with E-state index in [9.17, 15) is 0 Å². The van der Waals surface area contributed by atoms with Crippen molar-refractivity contribution in [1.82, 2.24) is 15.0 Å². The molecule has 0 fully saturated rings. The normalized spacial score (nSPS) is 12.7. The van der Waals surface area contributed by atoms with Gasteiger partial charge in [0.05, 0.1) is 16.6 Å². The molecule has 0 atom stereocenters. The van der Waals surface area contributed by atoms with E-state index < -0.39 is 0 Å². The van der Waals surface area contributed by atoms with Crippen LogP contribution in [0.5, 0.6) is 16.7 Å². The van der Waals surface area contributed by atoms with Gasteiger partial charge in [-0.1, -0.05) is 11.3 Å². The van der Waals surface area contributed by atoms with Gasteiger partial charge < -0.3 is 20.1 Å². The molecule has 1 aliphatic heterocycles. The number of nitrogens with one attached hydrogen (secondary N) is 2. The first kappa shape index (κ1) is 15.8. The summed E-state index contributed by atoms with van der Waals surface area (Å²) < 4.78 is 11.6. The number of ether oxygens (including phenoxy) is 2. The van der Waals surface area contributed by atoms with Gasteiger partial charge in [0.15, 0.2) is 5.75 Å². The number of hydrogen-bond donors (Lipinski definition) is 2. The van der Waals surface area contributed by atoms with Crippen LogP contribution in [0.15, 0.2) is 54.3 Å². The topological polar surface area (TPSA) is 81.2 Å². The minimum absolute atomic E-state index is 0.614. The molecular weight excluding hydrogens is 362 g/mol. The summed E-state index contributed by atoms with van der Waals surface area (Å²) in [4.78, 5) is 12.9. The van der Waals surface area contributed by atoms with Gasteiger partial charge in [0.2, 0.25) is 0 Å². The highest BCUT2D eigenvalue weighted by atomic mass is 32.1. The maximum absolute atomic E-state index is 5.88. The molecule has 7 nitrogen and oxygen atoms in total. The second kappa shape index (κ2) is 6.73. The third-order valence-electron chi connectivity index (χ3n) is 4.15. The van der Waals surface area contributed by atoms with Crippen molar-refractivity contribution in [3.63, 3.8) is 0 Å². The van der Waals surface area contributed by atoms with Gasteiger partial charge in [0.25, 0.3) is 5.19 Å². The molecule has 1 aliphatic rings. The van der Waals surface area contributed by atoms with E-state index >= 15 is 0 Å². The number of rotatable bonds is 4. The molecule has 0 saturated carbocycles. The molecule has 4 aromatic rings. The third kappa shape index (κ3) is 3.11. The Morgan fingerprint density at radius 2 is 2.00 bits per heavy atom. The quantitative estimate of drug-likeness (QED) is 0.544. The van der Waals surface area contributed by atoms with E-state index in [1.54, 1.807) is 12.5 Å². The highest BCUT2D eigenvalue weighted by Crippen LogP contribution is 2.39. The van der Waals surface area contributed by atoms with Crippen LogP contribution in [0.1, 0.15) is 0 Å². The Labute approximate surface area is 159 Å². The summed E-state index contributed by atoms with van der Waals surface area (Å²) in [6.45, 7) is 1.40. The van der Waals surface area contributed by atoms with Crippen molar-refractivity contribution in [1.29, 1.82) is 0 Å². The molecule has 2 aromatic carbocycles. The summed E-state index contributed by atoms with van der Waals surface area (Å²) in [5.41, 5.74) is 2.68. The van der Waals surface area contributed by atoms with Crippen LogP contribution >= 0.6 is 11.3 Å². The first-order valence-electron chi connectivity index (χ1n) is 8.46. The van der Waals surface area contributed by atoms with Crippen LogP contribution in [0.4, 0.5) is 17.2 Å². The lowest BCUT2D eigenvalue weighted by Gasteiger charge is -2.21. The zero-order chi connectivity index (χ0) is 18.1. The van der Waals surface area contributed by atoms with E-state index in [1.165, 1.54) is 11.3 Å². The van der Waals surface area contributed by atoms with Gasteiger partial charge in [-0.15, -0.1) is 0 Å². The molecule has 0 spiro atoms. The minimum atomic E-state index is 0.614. The van der Waals surface area contributed by atoms with E-state index in [4.69, 9.17) is 9.47 Å². The van der Waals surface area contributed by atoms with Crippen LogP contribution in [0.3, 0.4) is 0 Å². The van der Waals surface area contributed by atoms with Crippen LogP contribution in [0, 0.1) is 0 Å². The molecule has 27 heavy (non-hydrogen) atoms. The molecule has 2 N–H and O–H groups in total. The van der Waals surface area contributed by atoms with Crippen molar-refractivity contribution in [2.45, 2.75) is 0 Å². The Balaban J connectivity index is 1.46. The predicted octanol–water partition coefficient (Wildman–Crippen LogP) is 4.43. The van der Waals surface area contributed by atoms with Crippen molar-refractivity contribution >= 4 is 39.4 Å². The Bertz CT molecular complexity index is 1080. The SMILES string of the molecule is c1csc(Oc2ccc(Nc3ncnc4ccc5c(c34)OCCN5)cc2)n1. The molecule has 3 heterocycles. The third-order valence-corrected chi connectivity index (χ3v) is 4.80. The number of benzene rings is 2. The Morgan fingerprint density at radius 1 is 1.07 bits per heavy atom. The lowest BCUT2D eigenvalue weighted by molar-refractivity contribution is 0.327. The van der Waals surface area contributed by atoms with Crippen LogP contribution in [-0.2, 0) is 0 Å². The van der Waals surface area contributed by atoms with E-state index in [2.05, 4.69) is 25.6 Å². The second-order valence-electron chi connectivity index (χ2n) is 5.88. The maximum atomic E-state index is 5.88. The lowest BCUT2D eigenvalue weighted by Crippen LogP contribution is -2.18. The monoisotopic (exact) mass is 377 g/mol. The molecule has 0 unspecified atom stereocenters. The van der Waals surface area contributed by atoms with Crippen molar-refractivity contribution < 1.29 is 9.47 Å². The average Bonchev–Trinajstić information content (AvgIpc) is 3.22. The highest BCUT2D eigenvalue weighted by Gasteiger charge is 2.17. The van der Waals surface area contributed by atoms with Gasteiger partial charge in [-0.05, 0) is 36.4 Å². The fourth-order valence-electron chi connectivity index (χ4n) is 2.95. The van der Waals surface area contributed by atoms with E-state index in [0.717, 1.165) is 40.3 Å². The molecule has 2 aromatic heterocycles. The number of hydrogen-bond acceptors (Lipinski definition) is 8. The average molecular weight is 377 g/mol. The van der Waals surface area contributed by atoms with Gasteiger partial charge in [0, 0.05) is 23.8 Å².